The first-order valence-electron chi connectivity index (χ1n) is 5.65. The summed E-state index contributed by atoms with van der Waals surface area (Å²) in [5, 5.41) is 6.12. The van der Waals surface area contributed by atoms with E-state index in [1.807, 2.05) is 0 Å². The molecule has 2 aliphatic heterocycles. The second kappa shape index (κ2) is 4.19. The molecule has 1 N–H and O–H groups in total. The van der Waals surface area contributed by atoms with Crippen LogP contribution in [0.2, 0.25) is 0 Å². The van der Waals surface area contributed by atoms with E-state index < -0.39 is 0 Å². The van der Waals surface area contributed by atoms with Crippen LogP contribution in [0.5, 0.6) is 0 Å². The summed E-state index contributed by atoms with van der Waals surface area (Å²) in [5.41, 5.74) is 4.20. The molecule has 0 aromatic heterocycles. The summed E-state index contributed by atoms with van der Waals surface area (Å²) in [6.45, 7) is 6.47. The SMILES string of the molecule is Cc1ccc(C)c2c1=NC1CCNCC=21.Cl. The predicted molar refractivity (Wildman–Crippen MR) is 68.6 cm³/mol. The van der Waals surface area contributed by atoms with Gasteiger partial charge in [-0.3, -0.25) is 4.99 Å². The zero-order chi connectivity index (χ0) is 10.4. The van der Waals surface area contributed by atoms with Crippen molar-refractivity contribution in [2.75, 3.05) is 13.1 Å². The largest absolute Gasteiger partial charge is 0.313 e. The Bertz CT molecular complexity index is 534. The Labute approximate surface area is 102 Å². The van der Waals surface area contributed by atoms with Gasteiger partial charge in [0, 0.05) is 11.8 Å². The number of rotatable bonds is 0. The van der Waals surface area contributed by atoms with E-state index in [-0.39, 0.29) is 12.4 Å². The molecule has 1 fully saturated rings. The lowest BCUT2D eigenvalue weighted by Crippen LogP contribution is -2.35. The van der Waals surface area contributed by atoms with E-state index in [0.29, 0.717) is 6.04 Å². The molecule has 0 bridgehead atoms. The third kappa shape index (κ3) is 1.57. The molecule has 1 aromatic rings. The number of aryl methyl sites for hydroxylation is 2. The van der Waals surface area contributed by atoms with Crippen LogP contribution in [0, 0.1) is 13.8 Å². The maximum atomic E-state index is 4.86. The van der Waals surface area contributed by atoms with Crippen molar-refractivity contribution < 1.29 is 0 Å². The summed E-state index contributed by atoms with van der Waals surface area (Å²) >= 11 is 0. The van der Waals surface area contributed by atoms with Gasteiger partial charge in [-0.2, -0.15) is 0 Å². The Morgan fingerprint density at radius 3 is 2.81 bits per heavy atom. The fourth-order valence-corrected chi connectivity index (χ4v) is 2.68. The van der Waals surface area contributed by atoms with Gasteiger partial charge in [0.15, 0.2) is 0 Å². The van der Waals surface area contributed by atoms with Crippen LogP contribution in [0.3, 0.4) is 0 Å². The smallest absolute Gasteiger partial charge is 0.0750 e. The van der Waals surface area contributed by atoms with Crippen molar-refractivity contribution in [3.05, 3.63) is 33.8 Å². The molecule has 1 saturated heterocycles. The van der Waals surface area contributed by atoms with Gasteiger partial charge >= 0.3 is 0 Å². The van der Waals surface area contributed by atoms with E-state index in [9.17, 15) is 0 Å². The molecule has 2 aliphatic rings. The second-order valence-corrected chi connectivity index (χ2v) is 4.56. The van der Waals surface area contributed by atoms with Crippen LogP contribution in [0.15, 0.2) is 17.1 Å². The van der Waals surface area contributed by atoms with Crippen molar-refractivity contribution in [2.45, 2.75) is 26.3 Å². The highest BCUT2D eigenvalue weighted by atomic mass is 35.5. The Morgan fingerprint density at radius 2 is 2.00 bits per heavy atom. The predicted octanol–water partition coefficient (Wildman–Crippen LogP) is 0.871. The molecule has 3 rings (SSSR count). The van der Waals surface area contributed by atoms with Crippen LogP contribution in [0.25, 0.3) is 5.57 Å². The van der Waals surface area contributed by atoms with Crippen molar-refractivity contribution in [1.29, 1.82) is 0 Å². The summed E-state index contributed by atoms with van der Waals surface area (Å²) < 4.78 is 0. The highest BCUT2D eigenvalue weighted by Crippen LogP contribution is 2.16. The fraction of sp³-hybridized carbons (Fsp3) is 0.462. The van der Waals surface area contributed by atoms with Gasteiger partial charge in [-0.1, -0.05) is 12.1 Å². The van der Waals surface area contributed by atoms with Gasteiger partial charge in [0.25, 0.3) is 0 Å². The highest BCUT2D eigenvalue weighted by molar-refractivity contribution is 5.85. The summed E-state index contributed by atoms with van der Waals surface area (Å²) in [6, 6.07) is 4.86. The van der Waals surface area contributed by atoms with Gasteiger partial charge in [-0.05, 0) is 43.5 Å². The molecule has 0 aliphatic carbocycles. The lowest BCUT2D eigenvalue weighted by Gasteiger charge is -2.20. The summed E-state index contributed by atoms with van der Waals surface area (Å²) in [6.07, 6.45) is 1.16. The maximum absolute atomic E-state index is 4.86. The molecular formula is C13H17ClN2. The zero-order valence-corrected chi connectivity index (χ0v) is 10.5. The first-order chi connectivity index (χ1) is 7.27. The first kappa shape index (κ1) is 11.6. The van der Waals surface area contributed by atoms with Crippen LogP contribution in [-0.2, 0) is 0 Å². The molecule has 0 radical (unpaired) electrons. The third-order valence-corrected chi connectivity index (χ3v) is 3.51. The number of nitrogens with zero attached hydrogens (tertiary/aromatic N) is 1. The van der Waals surface area contributed by atoms with Crippen molar-refractivity contribution >= 4 is 18.0 Å². The third-order valence-electron chi connectivity index (χ3n) is 3.51. The van der Waals surface area contributed by atoms with Gasteiger partial charge in [0.05, 0.1) is 11.4 Å². The maximum Gasteiger partial charge on any atom is 0.0750 e. The molecule has 3 heteroatoms. The molecule has 86 valence electrons. The topological polar surface area (TPSA) is 24.4 Å². The van der Waals surface area contributed by atoms with Gasteiger partial charge in [-0.15, -0.1) is 12.4 Å². The molecule has 0 amide bonds. The standard InChI is InChI=1S/C13H16N2.ClH/c1-8-3-4-9(2)13-12(8)10-7-14-6-5-11(10)15-13;/h3-4,11,14H,5-7H2,1-2H3;1H. The molecule has 0 saturated carbocycles. The van der Waals surface area contributed by atoms with Crippen molar-refractivity contribution in [3.63, 3.8) is 0 Å². The molecule has 1 atom stereocenters. The Kier molecular flexibility index (Phi) is 3.04. The minimum absolute atomic E-state index is 0. The van der Waals surface area contributed by atoms with Crippen LogP contribution in [0.1, 0.15) is 17.5 Å². The summed E-state index contributed by atoms with van der Waals surface area (Å²) in [4.78, 5) is 4.86. The fourth-order valence-electron chi connectivity index (χ4n) is 2.68. The molecule has 2 nitrogen and oxygen atoms in total. The van der Waals surface area contributed by atoms with Gasteiger partial charge in [-0.25, -0.2) is 0 Å². The molecule has 0 spiro atoms. The van der Waals surface area contributed by atoms with Crippen molar-refractivity contribution in [2.24, 2.45) is 4.99 Å². The second-order valence-electron chi connectivity index (χ2n) is 4.56. The lowest BCUT2D eigenvalue weighted by atomic mass is 9.98. The molecular weight excluding hydrogens is 220 g/mol. The number of fused-ring (bicyclic) bond motifs is 2. The normalized spacial score (nSPS) is 21.9. The molecule has 1 unspecified atom stereocenters. The molecule has 16 heavy (non-hydrogen) atoms. The number of piperidine rings is 1. The average molecular weight is 237 g/mol. The Balaban J connectivity index is 0.000000963. The Morgan fingerprint density at radius 1 is 1.25 bits per heavy atom. The van der Waals surface area contributed by atoms with Gasteiger partial charge < -0.3 is 5.32 Å². The monoisotopic (exact) mass is 236 g/mol. The van der Waals surface area contributed by atoms with Crippen LogP contribution >= 0.6 is 12.4 Å². The van der Waals surface area contributed by atoms with E-state index in [4.69, 9.17) is 4.99 Å². The van der Waals surface area contributed by atoms with Gasteiger partial charge in [0.1, 0.15) is 0 Å². The summed E-state index contributed by atoms with van der Waals surface area (Å²) in [7, 11) is 0. The molecule has 2 heterocycles. The number of benzene rings is 1. The van der Waals surface area contributed by atoms with Crippen LogP contribution in [0.4, 0.5) is 0 Å². The average Bonchev–Trinajstić information content (AvgIpc) is 2.64. The summed E-state index contributed by atoms with van der Waals surface area (Å²) in [5.74, 6) is 0. The quantitative estimate of drug-likeness (QED) is 0.711. The van der Waals surface area contributed by atoms with E-state index in [1.54, 1.807) is 0 Å². The first-order valence-corrected chi connectivity index (χ1v) is 5.65. The highest BCUT2D eigenvalue weighted by Gasteiger charge is 2.23. The van der Waals surface area contributed by atoms with E-state index in [1.165, 1.54) is 27.3 Å². The zero-order valence-electron chi connectivity index (χ0n) is 9.71. The number of halogens is 1. The lowest BCUT2D eigenvalue weighted by molar-refractivity contribution is 0.597. The number of hydrogen-bond acceptors (Lipinski definition) is 2. The number of nitrogens with one attached hydrogen (secondary N) is 1. The minimum Gasteiger partial charge on any atom is -0.313 e. The minimum atomic E-state index is 0. The van der Waals surface area contributed by atoms with E-state index >= 15 is 0 Å². The van der Waals surface area contributed by atoms with Crippen molar-refractivity contribution in [1.82, 2.24) is 5.32 Å². The Hall–Kier alpha value is -0.860. The molecule has 1 aromatic carbocycles. The number of hydrogen-bond donors (Lipinski definition) is 1. The van der Waals surface area contributed by atoms with Crippen molar-refractivity contribution in [3.8, 4) is 0 Å². The van der Waals surface area contributed by atoms with Crippen LogP contribution in [-0.4, -0.2) is 19.1 Å². The van der Waals surface area contributed by atoms with Gasteiger partial charge in [0.2, 0.25) is 0 Å². The van der Waals surface area contributed by atoms with E-state index in [2.05, 4.69) is 31.3 Å². The van der Waals surface area contributed by atoms with E-state index in [0.717, 1.165) is 19.5 Å². The van der Waals surface area contributed by atoms with Crippen LogP contribution < -0.4 is 15.9 Å².